The van der Waals surface area contributed by atoms with E-state index in [4.69, 9.17) is 23.7 Å². The summed E-state index contributed by atoms with van der Waals surface area (Å²) in [6.07, 6.45) is 0.874. The Balaban J connectivity index is 1.21. The molecule has 3 aromatic rings. The van der Waals surface area contributed by atoms with Crippen molar-refractivity contribution in [2.24, 2.45) is 0 Å². The molecular weight excluding hydrogens is 574 g/mol. The van der Waals surface area contributed by atoms with Gasteiger partial charge in [-0.25, -0.2) is 0 Å². The third-order valence-corrected chi connectivity index (χ3v) is 8.45. The summed E-state index contributed by atoms with van der Waals surface area (Å²) < 4.78 is 29.2. The molecule has 4 heterocycles. The molecule has 4 bridgehead atoms. The number of carbonyl (C=O) groups excluding carboxylic acids is 3. The molecule has 2 atom stereocenters. The smallest absolute Gasteiger partial charge is 0.267 e. The minimum absolute atomic E-state index is 0.156. The molecule has 0 spiro atoms. The number of ether oxygens (including phenoxy) is 5. The van der Waals surface area contributed by atoms with E-state index in [-0.39, 0.29) is 36.9 Å². The molecule has 226 valence electrons. The molecule has 1 saturated heterocycles. The molecule has 0 saturated carbocycles. The zero-order valence-corrected chi connectivity index (χ0v) is 24.6. The maximum Gasteiger partial charge on any atom is 0.267 e. The van der Waals surface area contributed by atoms with Crippen LogP contribution in [0.25, 0.3) is 0 Å². The summed E-state index contributed by atoms with van der Waals surface area (Å²) in [5.41, 5.74) is 1.27. The van der Waals surface area contributed by atoms with Crippen LogP contribution in [0.5, 0.6) is 28.7 Å². The van der Waals surface area contributed by atoms with Crippen molar-refractivity contribution < 1.29 is 38.1 Å². The fraction of sp³-hybridized carbons (Fsp3) is 0.387. The quantitative estimate of drug-likeness (QED) is 0.452. The van der Waals surface area contributed by atoms with Gasteiger partial charge in [0.1, 0.15) is 35.3 Å². The van der Waals surface area contributed by atoms with Crippen LogP contribution in [0.1, 0.15) is 44.9 Å². The third kappa shape index (κ3) is 6.70. The highest BCUT2D eigenvalue weighted by Gasteiger charge is 2.36. The summed E-state index contributed by atoms with van der Waals surface area (Å²) in [5.74, 6) is 1.99. The Hall–Kier alpha value is -4.29. The van der Waals surface area contributed by atoms with Crippen LogP contribution in [-0.2, 0) is 16.1 Å². The van der Waals surface area contributed by atoms with Crippen molar-refractivity contribution in [2.45, 2.75) is 38.0 Å². The van der Waals surface area contributed by atoms with Gasteiger partial charge in [0, 0.05) is 43.1 Å². The van der Waals surface area contributed by atoms with Crippen molar-refractivity contribution >= 4 is 29.1 Å². The fourth-order valence-electron chi connectivity index (χ4n) is 5.36. The van der Waals surface area contributed by atoms with Gasteiger partial charge in [0.15, 0.2) is 11.5 Å². The van der Waals surface area contributed by atoms with Gasteiger partial charge in [0.05, 0.1) is 25.9 Å². The van der Waals surface area contributed by atoms with E-state index >= 15 is 0 Å². The number of benzene rings is 2. The Morgan fingerprint density at radius 1 is 1.09 bits per heavy atom. The van der Waals surface area contributed by atoms with Gasteiger partial charge in [-0.05, 0) is 42.7 Å². The standard InChI is InChI=1S/C31H33N3O8S/c1-38-22-13-20-14-23(15-22)42-21-5-2-4-19(12-21)17-41-25-7-9-34(16-24(25)33-27(35)6-3-8-32-30(20)36)31(37)29-28-26(18-43-29)39-10-11-40-28/h2,4-5,12-15,18,24-25H,3,6-11,16-17H2,1H3,(H,32,36)(H,33,35)/t24-,25-/m0/s1. The maximum absolute atomic E-state index is 13.5. The minimum Gasteiger partial charge on any atom is -0.497 e. The second kappa shape index (κ2) is 12.9. The Morgan fingerprint density at radius 3 is 2.86 bits per heavy atom. The Morgan fingerprint density at radius 2 is 1.98 bits per heavy atom. The summed E-state index contributed by atoms with van der Waals surface area (Å²) in [7, 11) is 1.53. The average molecular weight is 608 g/mol. The van der Waals surface area contributed by atoms with E-state index in [0.29, 0.717) is 84.9 Å². The van der Waals surface area contributed by atoms with Crippen LogP contribution < -0.4 is 29.6 Å². The van der Waals surface area contributed by atoms with Gasteiger partial charge in [-0.15, -0.1) is 11.3 Å². The first-order valence-corrected chi connectivity index (χ1v) is 15.2. The van der Waals surface area contributed by atoms with Crippen molar-refractivity contribution in [3.05, 3.63) is 63.8 Å². The molecule has 1 aromatic heterocycles. The molecular formula is C31H33N3O8S. The van der Waals surface area contributed by atoms with E-state index in [1.807, 2.05) is 24.3 Å². The molecule has 0 unspecified atom stereocenters. The molecule has 0 radical (unpaired) electrons. The van der Waals surface area contributed by atoms with Crippen LogP contribution in [0.3, 0.4) is 0 Å². The van der Waals surface area contributed by atoms with E-state index in [9.17, 15) is 14.4 Å². The number of carbonyl (C=O) groups is 3. The zero-order chi connectivity index (χ0) is 29.8. The molecule has 1 fully saturated rings. The van der Waals surface area contributed by atoms with Crippen LogP contribution in [0, 0.1) is 0 Å². The number of fused-ring (bicyclic) bond motifs is 6. The lowest BCUT2D eigenvalue weighted by Crippen LogP contribution is -2.57. The predicted molar refractivity (Wildman–Crippen MR) is 157 cm³/mol. The monoisotopic (exact) mass is 607 g/mol. The number of methoxy groups -OCH3 is 1. The van der Waals surface area contributed by atoms with Crippen molar-refractivity contribution in [2.75, 3.05) is 40.0 Å². The van der Waals surface area contributed by atoms with E-state index in [1.54, 1.807) is 28.5 Å². The number of thiophene rings is 1. The first-order valence-electron chi connectivity index (χ1n) is 14.3. The molecule has 2 N–H and O–H groups in total. The van der Waals surface area contributed by atoms with Crippen LogP contribution in [-0.4, -0.2) is 74.7 Å². The highest BCUT2D eigenvalue weighted by atomic mass is 32.1. The molecule has 43 heavy (non-hydrogen) atoms. The summed E-state index contributed by atoms with van der Waals surface area (Å²) in [5, 5.41) is 7.74. The molecule has 6 rings (SSSR count). The number of hydrogen-bond acceptors (Lipinski definition) is 9. The Labute approximate surface area is 253 Å². The summed E-state index contributed by atoms with van der Waals surface area (Å²) in [4.78, 5) is 41.7. The van der Waals surface area contributed by atoms with Crippen LogP contribution in [0.2, 0.25) is 0 Å². The van der Waals surface area contributed by atoms with Gasteiger partial charge < -0.3 is 39.2 Å². The number of amides is 3. The SMILES string of the molecule is COc1cc2cc(c1)C(=O)NCCCC(=O)N[C@H]1CN(C(=O)c3scc4c3OCCO4)CC[C@@H]1OCc1cccc(c1)O2. The molecule has 3 aliphatic heterocycles. The van der Waals surface area contributed by atoms with Crippen molar-refractivity contribution in [1.82, 2.24) is 15.5 Å². The van der Waals surface area contributed by atoms with Gasteiger partial charge in [-0.1, -0.05) is 12.1 Å². The normalized spacial score (nSPS) is 20.8. The van der Waals surface area contributed by atoms with Gasteiger partial charge in [0.2, 0.25) is 5.91 Å². The second-order valence-electron chi connectivity index (χ2n) is 10.5. The van der Waals surface area contributed by atoms with Crippen molar-refractivity contribution in [3.63, 3.8) is 0 Å². The van der Waals surface area contributed by atoms with Gasteiger partial charge in [-0.2, -0.15) is 0 Å². The van der Waals surface area contributed by atoms with Gasteiger partial charge in [-0.3, -0.25) is 14.4 Å². The van der Waals surface area contributed by atoms with Crippen molar-refractivity contribution in [1.29, 1.82) is 0 Å². The molecule has 2 aromatic carbocycles. The number of rotatable bonds is 2. The molecule has 11 nitrogen and oxygen atoms in total. The Kier molecular flexibility index (Phi) is 8.66. The number of nitrogens with zero attached hydrogens (tertiary/aromatic N) is 1. The topological polar surface area (TPSA) is 125 Å². The lowest BCUT2D eigenvalue weighted by molar-refractivity contribution is -0.124. The molecule has 3 aliphatic rings. The summed E-state index contributed by atoms with van der Waals surface area (Å²) in [6, 6.07) is 12.1. The molecule has 12 heteroatoms. The lowest BCUT2D eigenvalue weighted by atomic mass is 10.0. The summed E-state index contributed by atoms with van der Waals surface area (Å²) >= 11 is 1.30. The summed E-state index contributed by atoms with van der Waals surface area (Å²) in [6.45, 7) is 2.20. The first kappa shape index (κ1) is 28.8. The number of likely N-dealkylation sites (tertiary alicyclic amines) is 1. The maximum atomic E-state index is 13.5. The lowest BCUT2D eigenvalue weighted by Gasteiger charge is -2.38. The van der Waals surface area contributed by atoms with Crippen LogP contribution >= 0.6 is 11.3 Å². The van der Waals surface area contributed by atoms with Gasteiger partial charge in [0.25, 0.3) is 11.8 Å². The zero-order valence-electron chi connectivity index (χ0n) is 23.8. The van der Waals surface area contributed by atoms with Gasteiger partial charge >= 0.3 is 0 Å². The highest BCUT2D eigenvalue weighted by molar-refractivity contribution is 7.12. The largest absolute Gasteiger partial charge is 0.497 e. The van der Waals surface area contributed by atoms with Crippen molar-refractivity contribution in [3.8, 4) is 28.7 Å². The van der Waals surface area contributed by atoms with E-state index in [0.717, 1.165) is 5.56 Å². The predicted octanol–water partition coefficient (Wildman–Crippen LogP) is 3.76. The van der Waals surface area contributed by atoms with Crippen LogP contribution in [0.4, 0.5) is 0 Å². The Bertz CT molecular complexity index is 1510. The van der Waals surface area contributed by atoms with E-state index in [2.05, 4.69) is 10.6 Å². The fourth-order valence-corrected chi connectivity index (χ4v) is 6.25. The molecule has 0 aliphatic carbocycles. The second-order valence-corrected chi connectivity index (χ2v) is 11.4. The third-order valence-electron chi connectivity index (χ3n) is 7.52. The number of hydrogen-bond donors (Lipinski definition) is 2. The van der Waals surface area contributed by atoms with E-state index < -0.39 is 6.04 Å². The van der Waals surface area contributed by atoms with Crippen LogP contribution in [0.15, 0.2) is 47.8 Å². The number of piperidine rings is 1. The highest BCUT2D eigenvalue weighted by Crippen LogP contribution is 2.40. The minimum atomic E-state index is -0.418. The average Bonchev–Trinajstić information content (AvgIpc) is 3.46. The first-order chi connectivity index (χ1) is 21.0. The molecule has 3 amide bonds. The number of nitrogens with one attached hydrogen (secondary N) is 2. The van der Waals surface area contributed by atoms with E-state index in [1.165, 1.54) is 18.4 Å².